The predicted octanol–water partition coefficient (Wildman–Crippen LogP) is 2.33. The van der Waals surface area contributed by atoms with E-state index in [9.17, 15) is 9.59 Å². The van der Waals surface area contributed by atoms with Gasteiger partial charge in [0.2, 0.25) is 5.91 Å². The minimum Gasteiger partial charge on any atom is -0.312 e. The monoisotopic (exact) mass is 219 g/mol. The minimum absolute atomic E-state index is 0.0261. The van der Waals surface area contributed by atoms with E-state index in [0.29, 0.717) is 6.54 Å². The summed E-state index contributed by atoms with van der Waals surface area (Å²) in [5.41, 5.74) is 2.00. The lowest BCUT2D eigenvalue weighted by Crippen LogP contribution is -2.31. The molecule has 0 spiro atoms. The first-order valence-corrected chi connectivity index (χ1v) is 5.41. The van der Waals surface area contributed by atoms with Crippen LogP contribution in [0, 0.1) is 6.92 Å². The van der Waals surface area contributed by atoms with Crippen molar-refractivity contribution in [2.24, 2.45) is 0 Å². The second-order valence-corrected chi connectivity index (χ2v) is 3.85. The largest absolute Gasteiger partial charge is 0.312 e. The Bertz CT molecular complexity index is 381. The molecule has 0 aliphatic carbocycles. The van der Waals surface area contributed by atoms with Crippen LogP contribution in [0.1, 0.15) is 25.8 Å². The molecule has 0 atom stereocenters. The van der Waals surface area contributed by atoms with Gasteiger partial charge in [-0.1, -0.05) is 17.7 Å². The van der Waals surface area contributed by atoms with Crippen molar-refractivity contribution >= 4 is 17.4 Å². The first-order valence-electron chi connectivity index (χ1n) is 5.41. The summed E-state index contributed by atoms with van der Waals surface area (Å²) >= 11 is 0. The molecule has 86 valence electrons. The highest BCUT2D eigenvalue weighted by molar-refractivity contribution is 6.04. The fourth-order valence-corrected chi connectivity index (χ4v) is 1.54. The van der Waals surface area contributed by atoms with E-state index < -0.39 is 0 Å². The van der Waals surface area contributed by atoms with Gasteiger partial charge in [0, 0.05) is 12.2 Å². The van der Waals surface area contributed by atoms with Gasteiger partial charge in [-0.3, -0.25) is 9.59 Å². The molecular formula is C13H17NO2. The van der Waals surface area contributed by atoms with Crippen LogP contribution in [0.4, 0.5) is 5.69 Å². The summed E-state index contributed by atoms with van der Waals surface area (Å²) in [6.45, 7) is 5.91. The van der Waals surface area contributed by atoms with Gasteiger partial charge in [-0.2, -0.15) is 0 Å². The summed E-state index contributed by atoms with van der Waals surface area (Å²) in [5.74, 6) is -0.241. The van der Waals surface area contributed by atoms with E-state index in [1.165, 1.54) is 6.92 Å². The number of carbonyl (C=O) groups is 2. The van der Waals surface area contributed by atoms with Crippen molar-refractivity contribution in [3.8, 4) is 0 Å². The fraction of sp³-hybridized carbons (Fsp3) is 0.385. The first-order chi connectivity index (χ1) is 7.54. The number of nitrogens with zero attached hydrogens (tertiary/aromatic N) is 1. The molecule has 1 aromatic rings. The molecule has 0 fully saturated rings. The van der Waals surface area contributed by atoms with E-state index in [1.807, 2.05) is 38.1 Å². The molecule has 1 aromatic carbocycles. The minimum atomic E-state index is -0.140. The molecule has 1 rings (SSSR count). The van der Waals surface area contributed by atoms with Crippen molar-refractivity contribution in [2.75, 3.05) is 11.4 Å². The molecule has 0 N–H and O–H groups in total. The number of ketones is 1. The Balaban J connectivity index is 2.85. The van der Waals surface area contributed by atoms with Gasteiger partial charge in [0.05, 0.1) is 6.42 Å². The number of hydrogen-bond acceptors (Lipinski definition) is 2. The Morgan fingerprint density at radius 2 is 1.75 bits per heavy atom. The second kappa shape index (κ2) is 5.45. The molecule has 0 aromatic heterocycles. The molecule has 0 saturated heterocycles. The molecule has 0 saturated carbocycles. The molecule has 16 heavy (non-hydrogen) atoms. The van der Waals surface area contributed by atoms with E-state index in [4.69, 9.17) is 0 Å². The van der Waals surface area contributed by atoms with Crippen LogP contribution in [0.15, 0.2) is 24.3 Å². The van der Waals surface area contributed by atoms with E-state index in [2.05, 4.69) is 0 Å². The maximum atomic E-state index is 11.8. The average Bonchev–Trinajstić information content (AvgIpc) is 2.21. The normalized spacial score (nSPS) is 9.94. The maximum absolute atomic E-state index is 11.8. The van der Waals surface area contributed by atoms with Crippen LogP contribution in [0.2, 0.25) is 0 Å². The third-order valence-corrected chi connectivity index (χ3v) is 2.36. The Morgan fingerprint density at radius 3 is 2.19 bits per heavy atom. The molecule has 3 nitrogen and oxygen atoms in total. The van der Waals surface area contributed by atoms with Gasteiger partial charge in [-0.15, -0.1) is 0 Å². The number of aryl methyl sites for hydroxylation is 1. The Hall–Kier alpha value is -1.64. The molecule has 0 aliphatic heterocycles. The standard InChI is InChI=1S/C13H17NO2/c1-4-14(13(16)9-11(3)15)12-7-5-10(2)6-8-12/h5-8H,4,9H2,1-3H3. The van der Waals surface area contributed by atoms with E-state index >= 15 is 0 Å². The third-order valence-electron chi connectivity index (χ3n) is 2.36. The molecule has 0 bridgehead atoms. The van der Waals surface area contributed by atoms with Crippen molar-refractivity contribution < 1.29 is 9.59 Å². The summed E-state index contributed by atoms with van der Waals surface area (Å²) in [4.78, 5) is 24.3. The number of anilines is 1. The maximum Gasteiger partial charge on any atom is 0.234 e. The van der Waals surface area contributed by atoms with Gasteiger partial charge in [0.25, 0.3) is 0 Å². The van der Waals surface area contributed by atoms with Crippen LogP contribution in [0.25, 0.3) is 0 Å². The van der Waals surface area contributed by atoms with Crippen LogP contribution in [0.3, 0.4) is 0 Å². The topological polar surface area (TPSA) is 37.4 Å². The summed E-state index contributed by atoms with van der Waals surface area (Å²) < 4.78 is 0. The zero-order chi connectivity index (χ0) is 12.1. The molecule has 0 aliphatic rings. The average molecular weight is 219 g/mol. The molecule has 0 unspecified atom stereocenters. The number of Topliss-reactive ketones (excluding diaryl/α,β-unsaturated/α-hetero) is 1. The van der Waals surface area contributed by atoms with Gasteiger partial charge in [0.15, 0.2) is 0 Å². The van der Waals surface area contributed by atoms with Crippen molar-refractivity contribution in [1.82, 2.24) is 0 Å². The molecule has 0 heterocycles. The van der Waals surface area contributed by atoms with Crippen LogP contribution < -0.4 is 4.90 Å². The number of rotatable bonds is 4. The van der Waals surface area contributed by atoms with E-state index in [1.54, 1.807) is 4.90 Å². The van der Waals surface area contributed by atoms with Crippen LogP contribution in [0.5, 0.6) is 0 Å². The SMILES string of the molecule is CCN(C(=O)CC(C)=O)c1ccc(C)cc1. The lowest BCUT2D eigenvalue weighted by Gasteiger charge is -2.20. The Kier molecular flexibility index (Phi) is 4.23. The number of amides is 1. The Morgan fingerprint density at radius 1 is 1.19 bits per heavy atom. The van der Waals surface area contributed by atoms with Gasteiger partial charge in [-0.05, 0) is 32.9 Å². The van der Waals surface area contributed by atoms with Crippen molar-refractivity contribution in [3.63, 3.8) is 0 Å². The zero-order valence-corrected chi connectivity index (χ0v) is 9.99. The van der Waals surface area contributed by atoms with Gasteiger partial charge in [-0.25, -0.2) is 0 Å². The lowest BCUT2D eigenvalue weighted by molar-refractivity contribution is -0.125. The van der Waals surface area contributed by atoms with Crippen LogP contribution >= 0.6 is 0 Å². The quantitative estimate of drug-likeness (QED) is 0.729. The number of benzene rings is 1. The summed E-state index contributed by atoms with van der Waals surface area (Å²) in [7, 11) is 0. The number of carbonyl (C=O) groups excluding carboxylic acids is 2. The summed E-state index contributed by atoms with van der Waals surface area (Å²) in [6, 6.07) is 7.71. The van der Waals surface area contributed by atoms with Crippen molar-refractivity contribution in [2.45, 2.75) is 27.2 Å². The summed E-state index contributed by atoms with van der Waals surface area (Å²) in [6.07, 6.45) is -0.0261. The Labute approximate surface area is 96.1 Å². The zero-order valence-electron chi connectivity index (χ0n) is 9.99. The van der Waals surface area contributed by atoms with Gasteiger partial charge >= 0.3 is 0 Å². The molecule has 0 radical (unpaired) electrons. The van der Waals surface area contributed by atoms with Gasteiger partial charge < -0.3 is 4.90 Å². The molecule has 1 amide bonds. The highest BCUT2D eigenvalue weighted by Crippen LogP contribution is 2.15. The summed E-state index contributed by atoms with van der Waals surface area (Å²) in [5, 5.41) is 0. The smallest absolute Gasteiger partial charge is 0.234 e. The van der Waals surface area contributed by atoms with Gasteiger partial charge in [0.1, 0.15) is 5.78 Å². The first kappa shape index (κ1) is 12.4. The van der Waals surface area contributed by atoms with Crippen molar-refractivity contribution in [1.29, 1.82) is 0 Å². The molecular weight excluding hydrogens is 202 g/mol. The molecule has 3 heteroatoms. The predicted molar refractivity (Wildman–Crippen MR) is 64.5 cm³/mol. The van der Waals surface area contributed by atoms with E-state index in [0.717, 1.165) is 11.3 Å². The lowest BCUT2D eigenvalue weighted by atomic mass is 10.2. The fourth-order valence-electron chi connectivity index (χ4n) is 1.54. The number of hydrogen-bond donors (Lipinski definition) is 0. The third kappa shape index (κ3) is 3.19. The van der Waals surface area contributed by atoms with Crippen LogP contribution in [-0.4, -0.2) is 18.2 Å². The van der Waals surface area contributed by atoms with Crippen LogP contribution in [-0.2, 0) is 9.59 Å². The highest BCUT2D eigenvalue weighted by atomic mass is 16.2. The second-order valence-electron chi connectivity index (χ2n) is 3.85. The van der Waals surface area contributed by atoms with Crippen molar-refractivity contribution in [3.05, 3.63) is 29.8 Å². The highest BCUT2D eigenvalue weighted by Gasteiger charge is 2.14. The van der Waals surface area contributed by atoms with E-state index in [-0.39, 0.29) is 18.1 Å².